The topological polar surface area (TPSA) is 77.1 Å². The normalized spacial score (nSPS) is 13.1. The van der Waals surface area contributed by atoms with Crippen LogP contribution in [-0.2, 0) is 16.0 Å². The molecule has 1 aliphatic rings. The third kappa shape index (κ3) is 4.92. The lowest BCUT2D eigenvalue weighted by molar-refractivity contribution is -0.118. The van der Waals surface area contributed by atoms with Crippen molar-refractivity contribution >= 4 is 23.2 Å². The van der Waals surface area contributed by atoms with E-state index in [1.807, 2.05) is 18.2 Å². The molecule has 2 aromatic rings. The summed E-state index contributed by atoms with van der Waals surface area (Å²) in [5.41, 5.74) is 2.26. The van der Waals surface area contributed by atoms with Crippen LogP contribution in [0.1, 0.15) is 18.4 Å². The van der Waals surface area contributed by atoms with Crippen molar-refractivity contribution < 1.29 is 23.8 Å². The fraction of sp³-hybridized carbons (Fsp3) is 0.304. The van der Waals surface area contributed by atoms with E-state index in [-0.39, 0.29) is 18.4 Å². The Morgan fingerprint density at radius 2 is 1.90 bits per heavy atom. The van der Waals surface area contributed by atoms with Gasteiger partial charge in [-0.2, -0.15) is 0 Å². The lowest BCUT2D eigenvalue weighted by atomic mass is 10.1. The van der Waals surface area contributed by atoms with Gasteiger partial charge in [-0.25, -0.2) is 0 Å². The molecule has 1 heterocycles. The quantitative estimate of drug-likeness (QED) is 0.640. The summed E-state index contributed by atoms with van der Waals surface area (Å²) in [7, 11) is 3.11. The zero-order valence-corrected chi connectivity index (χ0v) is 17.3. The van der Waals surface area contributed by atoms with Crippen molar-refractivity contribution in [1.82, 2.24) is 0 Å². The van der Waals surface area contributed by atoms with E-state index in [0.717, 1.165) is 18.4 Å². The third-order valence-corrected chi connectivity index (χ3v) is 4.79. The molecule has 1 fully saturated rings. The van der Waals surface area contributed by atoms with Gasteiger partial charge in [0.25, 0.3) is 5.91 Å². The van der Waals surface area contributed by atoms with Crippen LogP contribution in [0.3, 0.4) is 0 Å². The molecular formula is C23H26N2O5. The molecule has 0 aromatic heterocycles. The molecule has 2 aromatic carbocycles. The molecule has 1 saturated heterocycles. The number of methoxy groups -OCH3 is 2. The number of hydrogen-bond donors (Lipinski definition) is 1. The average molecular weight is 410 g/mol. The van der Waals surface area contributed by atoms with Crippen molar-refractivity contribution in [3.63, 3.8) is 0 Å². The minimum absolute atomic E-state index is 0.0482. The first-order chi connectivity index (χ1) is 14.5. The Morgan fingerprint density at radius 3 is 2.57 bits per heavy atom. The van der Waals surface area contributed by atoms with Crippen LogP contribution in [0.5, 0.6) is 17.2 Å². The van der Waals surface area contributed by atoms with Gasteiger partial charge in [0.2, 0.25) is 5.91 Å². The fourth-order valence-electron chi connectivity index (χ4n) is 3.35. The highest BCUT2D eigenvalue weighted by molar-refractivity contribution is 5.98. The first-order valence-corrected chi connectivity index (χ1v) is 9.74. The van der Waals surface area contributed by atoms with Crippen molar-refractivity contribution in [3.05, 3.63) is 54.6 Å². The standard InChI is InChI=1S/C23H26N2O5/c1-4-6-16-8-10-20(21(13-16)29-3)30-15-22(26)24-17-9-11-19(28-2)18(14-17)25-12-5-7-23(25)27/h4,8-11,13-14H,1,5-7,12,15H2,2-3H3,(H,24,26). The predicted octanol–water partition coefficient (Wildman–Crippen LogP) is 3.58. The third-order valence-electron chi connectivity index (χ3n) is 4.79. The Bertz CT molecular complexity index is 941. The van der Waals surface area contributed by atoms with Gasteiger partial charge in [0.15, 0.2) is 18.1 Å². The van der Waals surface area contributed by atoms with Crippen molar-refractivity contribution in [2.75, 3.05) is 37.6 Å². The number of nitrogens with zero attached hydrogens (tertiary/aromatic N) is 1. The van der Waals surface area contributed by atoms with E-state index >= 15 is 0 Å². The number of nitrogens with one attached hydrogen (secondary N) is 1. The summed E-state index contributed by atoms with van der Waals surface area (Å²) in [4.78, 5) is 26.2. The maximum absolute atomic E-state index is 12.4. The number of rotatable bonds is 9. The lowest BCUT2D eigenvalue weighted by Crippen LogP contribution is -2.25. The van der Waals surface area contributed by atoms with E-state index in [1.54, 1.807) is 43.4 Å². The molecule has 7 heteroatoms. The number of allylic oxidation sites excluding steroid dienone is 1. The second kappa shape index (κ2) is 9.82. The molecule has 0 unspecified atom stereocenters. The Morgan fingerprint density at radius 1 is 1.13 bits per heavy atom. The number of carbonyl (C=O) groups excluding carboxylic acids is 2. The van der Waals surface area contributed by atoms with Gasteiger partial charge in [0.05, 0.1) is 19.9 Å². The van der Waals surface area contributed by atoms with Crippen LogP contribution in [0.25, 0.3) is 0 Å². The molecule has 0 bridgehead atoms. The summed E-state index contributed by atoms with van der Waals surface area (Å²) >= 11 is 0. The van der Waals surface area contributed by atoms with Crippen LogP contribution in [0, 0.1) is 0 Å². The highest BCUT2D eigenvalue weighted by Gasteiger charge is 2.25. The van der Waals surface area contributed by atoms with Gasteiger partial charge < -0.3 is 24.4 Å². The zero-order chi connectivity index (χ0) is 21.5. The molecule has 0 atom stereocenters. The van der Waals surface area contributed by atoms with E-state index in [9.17, 15) is 9.59 Å². The van der Waals surface area contributed by atoms with Gasteiger partial charge >= 0.3 is 0 Å². The molecule has 1 N–H and O–H groups in total. The van der Waals surface area contributed by atoms with E-state index in [1.165, 1.54) is 0 Å². The average Bonchev–Trinajstić information content (AvgIpc) is 3.18. The van der Waals surface area contributed by atoms with E-state index in [4.69, 9.17) is 14.2 Å². The van der Waals surface area contributed by atoms with Gasteiger partial charge in [-0.1, -0.05) is 12.1 Å². The number of ether oxygens (including phenoxy) is 3. The van der Waals surface area contributed by atoms with Crippen LogP contribution < -0.4 is 24.4 Å². The molecule has 30 heavy (non-hydrogen) atoms. The summed E-state index contributed by atoms with van der Waals surface area (Å²) in [6.07, 6.45) is 3.85. The van der Waals surface area contributed by atoms with Gasteiger partial charge in [-0.15, -0.1) is 6.58 Å². The summed E-state index contributed by atoms with van der Waals surface area (Å²) in [6, 6.07) is 10.7. The molecule has 0 saturated carbocycles. The Labute approximate surface area is 176 Å². The molecule has 7 nitrogen and oxygen atoms in total. The summed E-state index contributed by atoms with van der Waals surface area (Å²) in [6.45, 7) is 4.18. The van der Waals surface area contributed by atoms with Gasteiger partial charge in [-0.3, -0.25) is 9.59 Å². The number of benzene rings is 2. The van der Waals surface area contributed by atoms with E-state index in [0.29, 0.717) is 41.6 Å². The molecular weight excluding hydrogens is 384 g/mol. The van der Waals surface area contributed by atoms with E-state index < -0.39 is 0 Å². The summed E-state index contributed by atoms with van der Waals surface area (Å²) < 4.78 is 16.4. The van der Waals surface area contributed by atoms with Gasteiger partial charge in [-0.05, 0) is 48.7 Å². The second-order valence-electron chi connectivity index (χ2n) is 6.85. The Balaban J connectivity index is 1.66. The van der Waals surface area contributed by atoms with Crippen molar-refractivity contribution in [2.24, 2.45) is 0 Å². The van der Waals surface area contributed by atoms with Gasteiger partial charge in [0, 0.05) is 18.7 Å². The highest BCUT2D eigenvalue weighted by Crippen LogP contribution is 2.34. The van der Waals surface area contributed by atoms with Crippen molar-refractivity contribution in [3.8, 4) is 17.2 Å². The molecule has 158 valence electrons. The zero-order valence-electron chi connectivity index (χ0n) is 17.3. The van der Waals surface area contributed by atoms with Crippen LogP contribution in [0.2, 0.25) is 0 Å². The number of anilines is 2. The van der Waals surface area contributed by atoms with Crippen LogP contribution >= 0.6 is 0 Å². The van der Waals surface area contributed by atoms with Crippen molar-refractivity contribution in [1.29, 1.82) is 0 Å². The lowest BCUT2D eigenvalue weighted by Gasteiger charge is -2.20. The molecule has 0 spiro atoms. The van der Waals surface area contributed by atoms with Crippen LogP contribution in [0.15, 0.2) is 49.1 Å². The molecule has 0 aliphatic carbocycles. The number of hydrogen-bond acceptors (Lipinski definition) is 5. The van der Waals surface area contributed by atoms with Crippen molar-refractivity contribution in [2.45, 2.75) is 19.3 Å². The van der Waals surface area contributed by atoms with Crippen LogP contribution in [-0.4, -0.2) is 39.2 Å². The monoisotopic (exact) mass is 410 g/mol. The maximum atomic E-state index is 12.4. The van der Waals surface area contributed by atoms with Crippen LogP contribution in [0.4, 0.5) is 11.4 Å². The molecule has 3 rings (SSSR count). The molecule has 0 radical (unpaired) electrons. The SMILES string of the molecule is C=CCc1ccc(OCC(=O)Nc2ccc(OC)c(N3CCCC3=O)c2)c(OC)c1. The highest BCUT2D eigenvalue weighted by atomic mass is 16.5. The Hall–Kier alpha value is -3.48. The minimum Gasteiger partial charge on any atom is -0.495 e. The summed E-state index contributed by atoms with van der Waals surface area (Å²) in [5.74, 6) is 1.35. The van der Waals surface area contributed by atoms with Gasteiger partial charge in [0.1, 0.15) is 5.75 Å². The molecule has 2 amide bonds. The number of amides is 2. The first-order valence-electron chi connectivity index (χ1n) is 9.74. The maximum Gasteiger partial charge on any atom is 0.262 e. The first kappa shape index (κ1) is 21.2. The predicted molar refractivity (Wildman–Crippen MR) is 116 cm³/mol. The smallest absolute Gasteiger partial charge is 0.262 e. The minimum atomic E-state index is -0.323. The summed E-state index contributed by atoms with van der Waals surface area (Å²) in [5, 5.41) is 2.80. The number of carbonyl (C=O) groups is 2. The molecule has 1 aliphatic heterocycles. The largest absolute Gasteiger partial charge is 0.495 e. The Kier molecular flexibility index (Phi) is 6.95. The fourth-order valence-corrected chi connectivity index (χ4v) is 3.35. The second-order valence-corrected chi connectivity index (χ2v) is 6.85. The van der Waals surface area contributed by atoms with E-state index in [2.05, 4.69) is 11.9 Å².